The molecule has 0 bridgehead atoms. The van der Waals surface area contributed by atoms with Gasteiger partial charge >= 0.3 is 0 Å². The molecule has 42 heavy (non-hydrogen) atoms. The van der Waals surface area contributed by atoms with E-state index in [2.05, 4.69) is 12.1 Å². The lowest BCUT2D eigenvalue weighted by atomic mass is 9.81. The van der Waals surface area contributed by atoms with Crippen LogP contribution in [0, 0.1) is 22.7 Å². The second-order valence-electron chi connectivity index (χ2n) is 10.1. The zero-order valence-corrected chi connectivity index (χ0v) is 21.8. The molecule has 6 nitrogen and oxygen atoms in total. The highest BCUT2D eigenvalue weighted by Crippen LogP contribution is 2.40. The molecule has 0 saturated heterocycles. The monoisotopic (exact) mass is 540 g/mol. The third kappa shape index (κ3) is 3.50. The zero-order chi connectivity index (χ0) is 29.1. The normalized spacial score (nSPS) is 12.9. The number of nitrogens with zero attached hydrogens (tertiary/aromatic N) is 2. The molecule has 2 aliphatic rings. The lowest BCUT2D eigenvalue weighted by Crippen LogP contribution is -2.21. The van der Waals surface area contributed by atoms with Crippen molar-refractivity contribution in [3.8, 4) is 56.6 Å². The number of rotatable bonds is 2. The topological polar surface area (TPSA) is 116 Å². The average Bonchev–Trinajstić information content (AvgIpc) is 3.05. The van der Waals surface area contributed by atoms with Crippen LogP contribution in [0.1, 0.15) is 52.6 Å². The molecule has 5 aromatic carbocycles. The van der Waals surface area contributed by atoms with Gasteiger partial charge in [0.1, 0.15) is 0 Å². The third-order valence-corrected chi connectivity index (χ3v) is 7.89. The largest absolute Gasteiger partial charge is 0.285 e. The summed E-state index contributed by atoms with van der Waals surface area (Å²) in [5, 5.41) is 20.2. The molecule has 0 heterocycles. The molecule has 0 spiro atoms. The van der Waals surface area contributed by atoms with Gasteiger partial charge in [-0.2, -0.15) is 10.5 Å². The summed E-state index contributed by atoms with van der Waals surface area (Å²) in [6, 6.07) is 31.5. The van der Waals surface area contributed by atoms with Gasteiger partial charge in [0.25, 0.3) is 0 Å². The van der Waals surface area contributed by atoms with Gasteiger partial charge in [0.2, 0.25) is 23.1 Å². The molecular formula is C36H16N2O4. The molecule has 5 aromatic rings. The van der Waals surface area contributed by atoms with Crippen LogP contribution in [0.5, 0.6) is 0 Å². The van der Waals surface area contributed by atoms with E-state index in [1.165, 1.54) is 0 Å². The maximum absolute atomic E-state index is 13.0. The van der Waals surface area contributed by atoms with Crippen LogP contribution in [0.15, 0.2) is 97.1 Å². The van der Waals surface area contributed by atoms with Crippen LogP contribution in [0.3, 0.4) is 0 Å². The lowest BCUT2D eigenvalue weighted by molar-refractivity contribution is 0.0815. The van der Waals surface area contributed by atoms with Crippen molar-refractivity contribution in [1.29, 1.82) is 10.5 Å². The molecule has 0 unspecified atom stereocenters. The van der Waals surface area contributed by atoms with Gasteiger partial charge < -0.3 is 0 Å². The van der Waals surface area contributed by atoms with Gasteiger partial charge in [0, 0.05) is 33.4 Å². The Bertz CT molecular complexity index is 2040. The molecule has 2 aliphatic carbocycles. The number of carbonyl (C=O) groups excluding carboxylic acids is 4. The van der Waals surface area contributed by atoms with Crippen molar-refractivity contribution in [3.05, 3.63) is 130 Å². The van der Waals surface area contributed by atoms with Crippen LogP contribution in [-0.4, -0.2) is 23.1 Å². The van der Waals surface area contributed by atoms with Gasteiger partial charge in [-0.3, -0.25) is 19.2 Å². The van der Waals surface area contributed by atoms with Gasteiger partial charge in [-0.1, -0.05) is 72.8 Å². The number of nitriles is 2. The number of carbonyl (C=O) groups is 4. The molecule has 0 amide bonds. The van der Waals surface area contributed by atoms with Crippen LogP contribution >= 0.6 is 0 Å². The molecule has 0 saturated carbocycles. The smallest absolute Gasteiger partial charge is 0.234 e. The van der Waals surface area contributed by atoms with Crippen LogP contribution in [0.25, 0.3) is 44.5 Å². The maximum atomic E-state index is 13.0. The molecule has 0 radical (unpaired) electrons. The summed E-state index contributed by atoms with van der Waals surface area (Å²) >= 11 is 0. The summed E-state index contributed by atoms with van der Waals surface area (Å²) in [4.78, 5) is 51.6. The SMILES string of the molecule is N#Cc1cc(-c2ccc3c(c2)C(=O)C(=O)c2ccccc2-3)c(C#N)cc1-c1ccc2c(c1)C(=O)C(=O)c1ccccc1-2. The van der Waals surface area contributed by atoms with Crippen molar-refractivity contribution in [2.75, 3.05) is 0 Å². The second-order valence-corrected chi connectivity index (χ2v) is 10.1. The Hall–Kier alpha value is -6.24. The van der Waals surface area contributed by atoms with Crippen molar-refractivity contribution < 1.29 is 19.2 Å². The molecule has 7 rings (SSSR count). The number of ketones is 4. The molecule has 0 N–H and O–H groups in total. The Labute approximate surface area is 239 Å². The van der Waals surface area contributed by atoms with Crippen LogP contribution in [-0.2, 0) is 0 Å². The van der Waals surface area contributed by atoms with Gasteiger partial charge in [-0.15, -0.1) is 0 Å². The van der Waals surface area contributed by atoms with Gasteiger partial charge in [-0.25, -0.2) is 0 Å². The Morgan fingerprint density at radius 1 is 0.357 bits per heavy atom. The van der Waals surface area contributed by atoms with Crippen molar-refractivity contribution in [2.45, 2.75) is 0 Å². The van der Waals surface area contributed by atoms with Crippen LogP contribution in [0.2, 0.25) is 0 Å². The first-order valence-electron chi connectivity index (χ1n) is 13.0. The first kappa shape index (κ1) is 24.8. The highest BCUT2D eigenvalue weighted by Gasteiger charge is 2.32. The van der Waals surface area contributed by atoms with E-state index in [4.69, 9.17) is 0 Å². The predicted octanol–water partition coefficient (Wildman–Crippen LogP) is 6.86. The highest BCUT2D eigenvalue weighted by atomic mass is 16.2. The quantitative estimate of drug-likeness (QED) is 0.226. The van der Waals surface area contributed by atoms with E-state index in [0.29, 0.717) is 55.6 Å². The molecule has 6 heteroatoms. The van der Waals surface area contributed by atoms with E-state index in [1.54, 1.807) is 97.1 Å². The summed E-state index contributed by atoms with van der Waals surface area (Å²) < 4.78 is 0. The van der Waals surface area contributed by atoms with E-state index in [0.717, 1.165) is 0 Å². The summed E-state index contributed by atoms with van der Waals surface area (Å²) in [5.74, 6) is -2.44. The second kappa shape index (κ2) is 9.16. The molecule has 0 fully saturated rings. The molecule has 0 aliphatic heterocycles. The summed E-state index contributed by atoms with van der Waals surface area (Å²) in [6.07, 6.45) is 0. The Morgan fingerprint density at radius 2 is 0.690 bits per heavy atom. The fourth-order valence-electron chi connectivity index (χ4n) is 5.85. The number of benzene rings is 5. The molecular weight excluding hydrogens is 524 g/mol. The zero-order valence-electron chi connectivity index (χ0n) is 21.8. The minimum absolute atomic E-state index is 0.237. The molecule has 0 atom stereocenters. The van der Waals surface area contributed by atoms with Crippen molar-refractivity contribution >= 4 is 23.1 Å². The standard InChI is InChI=1S/C36H16N2O4/c37-17-21-16-30(20-10-12-26-24-6-2-4-8-28(24)34(40)36(42)32(26)14-20)22(18-38)15-29(21)19-9-11-25-23-5-1-3-7-27(23)33(39)35(41)31(25)13-19/h1-16H. The van der Waals surface area contributed by atoms with Crippen molar-refractivity contribution in [2.24, 2.45) is 0 Å². The van der Waals surface area contributed by atoms with Crippen LogP contribution in [0.4, 0.5) is 0 Å². The van der Waals surface area contributed by atoms with Gasteiger partial charge in [-0.05, 0) is 57.6 Å². The first-order chi connectivity index (χ1) is 20.4. The van der Waals surface area contributed by atoms with Crippen LogP contribution < -0.4 is 0 Å². The number of hydrogen-bond donors (Lipinski definition) is 0. The van der Waals surface area contributed by atoms with E-state index in [9.17, 15) is 29.7 Å². The summed E-state index contributed by atoms with van der Waals surface area (Å²) in [7, 11) is 0. The first-order valence-corrected chi connectivity index (χ1v) is 13.0. The van der Waals surface area contributed by atoms with Gasteiger partial charge in [0.05, 0.1) is 23.3 Å². The molecule has 0 aromatic heterocycles. The summed E-state index contributed by atoms with van der Waals surface area (Å²) in [6.45, 7) is 0. The van der Waals surface area contributed by atoms with Crippen molar-refractivity contribution in [1.82, 2.24) is 0 Å². The lowest BCUT2D eigenvalue weighted by Gasteiger charge is -2.20. The predicted molar refractivity (Wildman–Crippen MR) is 155 cm³/mol. The van der Waals surface area contributed by atoms with Gasteiger partial charge in [0.15, 0.2) is 0 Å². The highest BCUT2D eigenvalue weighted by molar-refractivity contribution is 6.53. The Morgan fingerprint density at radius 3 is 1.07 bits per heavy atom. The minimum atomic E-state index is -0.629. The Balaban J connectivity index is 1.37. The average molecular weight is 541 g/mol. The van der Waals surface area contributed by atoms with Crippen molar-refractivity contribution in [3.63, 3.8) is 0 Å². The number of Topliss-reactive ketones (excluding diaryl/α,β-unsaturated/α-hetero) is 4. The minimum Gasteiger partial charge on any atom is -0.285 e. The number of hydrogen-bond acceptors (Lipinski definition) is 6. The van der Waals surface area contributed by atoms with E-state index in [-0.39, 0.29) is 22.3 Å². The molecule has 194 valence electrons. The fraction of sp³-hybridized carbons (Fsp3) is 0. The maximum Gasteiger partial charge on any atom is 0.234 e. The van der Waals surface area contributed by atoms with E-state index in [1.807, 2.05) is 0 Å². The third-order valence-electron chi connectivity index (χ3n) is 7.89. The fourth-order valence-corrected chi connectivity index (χ4v) is 5.85. The summed E-state index contributed by atoms with van der Waals surface area (Å²) in [5.41, 5.74) is 6.13. The number of fused-ring (bicyclic) bond motifs is 6. The van der Waals surface area contributed by atoms with E-state index < -0.39 is 23.1 Å². The Kier molecular flexibility index (Phi) is 5.40. The van der Waals surface area contributed by atoms with E-state index >= 15 is 0 Å².